The summed E-state index contributed by atoms with van der Waals surface area (Å²) in [4.78, 5) is 23.8. The van der Waals surface area contributed by atoms with E-state index in [0.717, 1.165) is 5.56 Å². The fraction of sp³-hybridized carbons (Fsp3) is 0.333. The highest BCUT2D eigenvalue weighted by molar-refractivity contribution is 5.83. The van der Waals surface area contributed by atoms with Gasteiger partial charge in [-0.1, -0.05) is 38.1 Å². The van der Waals surface area contributed by atoms with Crippen LogP contribution in [-0.2, 0) is 20.9 Å². The fourth-order valence-corrected chi connectivity index (χ4v) is 2.31. The summed E-state index contributed by atoms with van der Waals surface area (Å²) < 4.78 is 23.3. The van der Waals surface area contributed by atoms with Crippen LogP contribution in [0.4, 0.5) is 4.39 Å². The van der Waals surface area contributed by atoms with Crippen molar-refractivity contribution in [2.24, 2.45) is 0 Å². The predicted molar refractivity (Wildman–Crippen MR) is 99.8 cm³/mol. The number of carbonyl (C=O) groups is 2. The lowest BCUT2D eigenvalue weighted by atomic mass is 10.0. The molecule has 0 unspecified atom stereocenters. The lowest BCUT2D eigenvalue weighted by Gasteiger charge is -2.14. The van der Waals surface area contributed by atoms with Crippen molar-refractivity contribution in [3.8, 4) is 5.75 Å². The Bertz CT molecular complexity index is 757. The molecular formula is C21H24FNO4. The Morgan fingerprint density at radius 3 is 2.22 bits per heavy atom. The normalized spacial score (nSPS) is 11.7. The highest BCUT2D eigenvalue weighted by atomic mass is 19.1. The van der Waals surface area contributed by atoms with E-state index in [2.05, 4.69) is 19.2 Å². The van der Waals surface area contributed by atoms with E-state index in [0.29, 0.717) is 11.7 Å². The Hall–Kier alpha value is -2.89. The number of amides is 1. The number of rotatable bonds is 8. The molecule has 1 N–H and O–H groups in total. The van der Waals surface area contributed by atoms with Crippen molar-refractivity contribution < 1.29 is 23.5 Å². The van der Waals surface area contributed by atoms with Gasteiger partial charge in [0, 0.05) is 6.54 Å². The minimum atomic E-state index is -0.954. The second kappa shape index (κ2) is 9.71. The molecule has 0 aliphatic rings. The third-order valence-corrected chi connectivity index (χ3v) is 3.96. The lowest BCUT2D eigenvalue weighted by molar-refractivity contribution is -0.156. The van der Waals surface area contributed by atoms with Crippen molar-refractivity contribution in [2.45, 2.75) is 39.3 Å². The summed E-state index contributed by atoms with van der Waals surface area (Å²) in [6.45, 7) is 5.61. The van der Waals surface area contributed by atoms with Gasteiger partial charge in [0.2, 0.25) is 0 Å². The maximum Gasteiger partial charge on any atom is 0.344 e. The van der Waals surface area contributed by atoms with Crippen LogP contribution in [0.25, 0.3) is 0 Å². The monoisotopic (exact) mass is 373 g/mol. The van der Waals surface area contributed by atoms with Crippen LogP contribution in [-0.4, -0.2) is 24.6 Å². The number of esters is 1. The zero-order valence-electron chi connectivity index (χ0n) is 15.7. The van der Waals surface area contributed by atoms with Crippen molar-refractivity contribution >= 4 is 11.9 Å². The lowest BCUT2D eigenvalue weighted by Crippen LogP contribution is -2.36. The van der Waals surface area contributed by atoms with Crippen LogP contribution in [0.15, 0.2) is 48.5 Å². The number of hydrogen-bond donors (Lipinski definition) is 1. The average Bonchev–Trinajstić information content (AvgIpc) is 2.66. The molecule has 27 heavy (non-hydrogen) atoms. The summed E-state index contributed by atoms with van der Waals surface area (Å²) in [5.74, 6) is -0.435. The maximum atomic E-state index is 12.9. The van der Waals surface area contributed by atoms with E-state index in [1.807, 2.05) is 12.1 Å². The first-order valence-corrected chi connectivity index (χ1v) is 8.79. The molecular weight excluding hydrogens is 349 g/mol. The highest BCUT2D eigenvalue weighted by Gasteiger charge is 2.18. The summed E-state index contributed by atoms with van der Waals surface area (Å²) in [6, 6.07) is 13.2. The quantitative estimate of drug-likeness (QED) is 0.719. The van der Waals surface area contributed by atoms with Crippen molar-refractivity contribution in [2.75, 3.05) is 6.61 Å². The first-order valence-electron chi connectivity index (χ1n) is 8.79. The zero-order chi connectivity index (χ0) is 19.8. The van der Waals surface area contributed by atoms with Gasteiger partial charge in [-0.3, -0.25) is 4.79 Å². The van der Waals surface area contributed by atoms with Gasteiger partial charge in [-0.25, -0.2) is 9.18 Å². The number of ether oxygens (including phenoxy) is 2. The molecule has 2 aromatic rings. The van der Waals surface area contributed by atoms with Gasteiger partial charge in [-0.15, -0.1) is 0 Å². The Morgan fingerprint density at radius 1 is 1.00 bits per heavy atom. The second-order valence-electron chi connectivity index (χ2n) is 6.49. The summed E-state index contributed by atoms with van der Waals surface area (Å²) in [6.07, 6.45) is -0.954. The topological polar surface area (TPSA) is 64.6 Å². The van der Waals surface area contributed by atoms with E-state index in [1.54, 1.807) is 24.3 Å². The Morgan fingerprint density at radius 2 is 1.63 bits per heavy atom. The van der Waals surface area contributed by atoms with E-state index in [4.69, 9.17) is 9.47 Å². The largest absolute Gasteiger partial charge is 0.482 e. The molecule has 0 saturated carbocycles. The van der Waals surface area contributed by atoms with Gasteiger partial charge in [-0.05, 0) is 48.2 Å². The van der Waals surface area contributed by atoms with Gasteiger partial charge in [0.1, 0.15) is 11.6 Å². The summed E-state index contributed by atoms with van der Waals surface area (Å²) in [5.41, 5.74) is 1.92. The molecule has 2 rings (SSSR count). The van der Waals surface area contributed by atoms with Crippen molar-refractivity contribution in [1.29, 1.82) is 0 Å². The maximum absolute atomic E-state index is 12.9. The minimum Gasteiger partial charge on any atom is -0.482 e. The first kappa shape index (κ1) is 20.4. The molecule has 0 heterocycles. The molecule has 0 aliphatic carbocycles. The third-order valence-electron chi connectivity index (χ3n) is 3.96. The van der Waals surface area contributed by atoms with Gasteiger partial charge < -0.3 is 14.8 Å². The average molecular weight is 373 g/mol. The molecule has 2 aromatic carbocycles. The number of hydrogen-bond acceptors (Lipinski definition) is 4. The molecule has 1 atom stereocenters. The standard InChI is InChI=1S/C21H24FNO4/c1-14(2)17-6-10-19(11-7-17)26-13-20(24)27-15(3)21(25)23-12-16-4-8-18(22)9-5-16/h4-11,14-15H,12-13H2,1-3H3,(H,23,25)/t15-/m0/s1. The van der Waals surface area contributed by atoms with Crippen LogP contribution in [0.5, 0.6) is 5.75 Å². The molecule has 0 aromatic heterocycles. The first-order chi connectivity index (χ1) is 12.8. The SMILES string of the molecule is CC(C)c1ccc(OCC(=O)O[C@@H](C)C(=O)NCc2ccc(F)cc2)cc1. The van der Waals surface area contributed by atoms with E-state index in [9.17, 15) is 14.0 Å². The molecule has 0 radical (unpaired) electrons. The Balaban J connectivity index is 1.73. The molecule has 0 aliphatic heterocycles. The van der Waals surface area contributed by atoms with E-state index >= 15 is 0 Å². The number of carbonyl (C=O) groups excluding carboxylic acids is 2. The molecule has 6 heteroatoms. The molecule has 5 nitrogen and oxygen atoms in total. The fourth-order valence-electron chi connectivity index (χ4n) is 2.31. The van der Waals surface area contributed by atoms with Crippen molar-refractivity contribution in [3.63, 3.8) is 0 Å². The molecule has 144 valence electrons. The van der Waals surface area contributed by atoms with Crippen LogP contribution in [0.1, 0.15) is 37.8 Å². The van der Waals surface area contributed by atoms with Crippen LogP contribution < -0.4 is 10.1 Å². The van der Waals surface area contributed by atoms with Crippen LogP contribution in [0.2, 0.25) is 0 Å². The van der Waals surface area contributed by atoms with Crippen LogP contribution in [0, 0.1) is 5.82 Å². The molecule has 0 spiro atoms. The summed E-state index contributed by atoms with van der Waals surface area (Å²) >= 11 is 0. The van der Waals surface area contributed by atoms with Gasteiger partial charge in [0.05, 0.1) is 0 Å². The van der Waals surface area contributed by atoms with Crippen molar-refractivity contribution in [3.05, 3.63) is 65.5 Å². The third kappa shape index (κ3) is 6.73. The van der Waals surface area contributed by atoms with Gasteiger partial charge in [0.25, 0.3) is 5.91 Å². The van der Waals surface area contributed by atoms with Gasteiger partial charge in [-0.2, -0.15) is 0 Å². The number of halogens is 1. The smallest absolute Gasteiger partial charge is 0.344 e. The molecule has 0 bridgehead atoms. The second-order valence-corrected chi connectivity index (χ2v) is 6.49. The van der Waals surface area contributed by atoms with E-state index < -0.39 is 18.0 Å². The Kier molecular flexibility index (Phi) is 7.34. The summed E-state index contributed by atoms with van der Waals surface area (Å²) in [7, 11) is 0. The van der Waals surface area contributed by atoms with E-state index in [-0.39, 0.29) is 19.0 Å². The molecule has 1 amide bonds. The zero-order valence-corrected chi connectivity index (χ0v) is 15.7. The van der Waals surface area contributed by atoms with E-state index in [1.165, 1.54) is 24.6 Å². The van der Waals surface area contributed by atoms with Crippen LogP contribution in [0.3, 0.4) is 0 Å². The van der Waals surface area contributed by atoms with Crippen LogP contribution >= 0.6 is 0 Å². The summed E-state index contributed by atoms with van der Waals surface area (Å²) in [5, 5.41) is 2.63. The molecule has 0 saturated heterocycles. The molecule has 0 fully saturated rings. The van der Waals surface area contributed by atoms with Crippen molar-refractivity contribution in [1.82, 2.24) is 5.32 Å². The predicted octanol–water partition coefficient (Wildman–Crippen LogP) is 3.58. The Labute approximate surface area is 158 Å². The number of benzene rings is 2. The highest BCUT2D eigenvalue weighted by Crippen LogP contribution is 2.18. The minimum absolute atomic E-state index is 0.222. The van der Waals surface area contributed by atoms with Gasteiger partial charge >= 0.3 is 5.97 Å². The van der Waals surface area contributed by atoms with Gasteiger partial charge in [0.15, 0.2) is 12.7 Å². The number of nitrogens with one attached hydrogen (secondary N) is 1.